The van der Waals surface area contributed by atoms with Crippen molar-refractivity contribution in [1.29, 1.82) is 0 Å². The zero-order chi connectivity index (χ0) is 18.0. The predicted molar refractivity (Wildman–Crippen MR) is 106 cm³/mol. The summed E-state index contributed by atoms with van der Waals surface area (Å²) in [5.41, 5.74) is 0.705. The molecule has 0 aliphatic rings. The van der Waals surface area contributed by atoms with Gasteiger partial charge in [-0.25, -0.2) is 0 Å². The van der Waals surface area contributed by atoms with Crippen molar-refractivity contribution in [3.05, 3.63) is 70.2 Å². The zero-order valence-electron chi connectivity index (χ0n) is 12.7. The second-order valence-corrected chi connectivity index (χ2v) is 6.47. The van der Waals surface area contributed by atoms with Gasteiger partial charge in [-0.3, -0.25) is 10.1 Å². The molecule has 0 aromatic heterocycles. The molecule has 3 aromatic carbocycles. The van der Waals surface area contributed by atoms with Crippen LogP contribution in [0.5, 0.6) is 5.75 Å². The number of amides is 1. The summed E-state index contributed by atoms with van der Waals surface area (Å²) >= 11 is 16.9. The number of benzene rings is 3. The van der Waals surface area contributed by atoms with Crippen molar-refractivity contribution < 1.29 is 9.90 Å². The molecular weight excluding hydrogens is 379 g/mol. The molecule has 0 aliphatic heterocycles. The molecule has 0 spiro atoms. The largest absolute Gasteiger partial charge is 0.504 e. The van der Waals surface area contributed by atoms with Gasteiger partial charge < -0.3 is 10.4 Å². The molecule has 0 bridgehead atoms. The highest BCUT2D eigenvalue weighted by atomic mass is 35.5. The van der Waals surface area contributed by atoms with Gasteiger partial charge in [-0.2, -0.15) is 0 Å². The van der Waals surface area contributed by atoms with Gasteiger partial charge >= 0.3 is 0 Å². The molecule has 7 heteroatoms. The standard InChI is InChI=1S/C18H12Cl2N2O2S/c19-11-8-14(20)16(23)15(9-11)21-18(25)22-17(24)13-7-3-5-10-4-1-2-6-12(10)13/h1-9,23H,(H2,21,22,24,25). The second-order valence-electron chi connectivity index (χ2n) is 5.22. The maximum absolute atomic E-state index is 12.5. The van der Waals surface area contributed by atoms with Crippen LogP contribution in [0.1, 0.15) is 10.4 Å². The van der Waals surface area contributed by atoms with Crippen molar-refractivity contribution in [2.45, 2.75) is 0 Å². The summed E-state index contributed by atoms with van der Waals surface area (Å²) in [5.74, 6) is -0.560. The topological polar surface area (TPSA) is 61.4 Å². The minimum absolute atomic E-state index is 0.0200. The van der Waals surface area contributed by atoms with Gasteiger partial charge in [0.2, 0.25) is 0 Å². The Morgan fingerprint density at radius 2 is 1.76 bits per heavy atom. The highest BCUT2D eigenvalue weighted by molar-refractivity contribution is 7.80. The Morgan fingerprint density at radius 3 is 2.56 bits per heavy atom. The summed E-state index contributed by atoms with van der Waals surface area (Å²) in [4.78, 5) is 12.5. The van der Waals surface area contributed by atoms with Crippen molar-refractivity contribution in [3.63, 3.8) is 0 Å². The first-order valence-electron chi connectivity index (χ1n) is 7.24. The van der Waals surface area contributed by atoms with E-state index in [1.54, 1.807) is 12.1 Å². The Labute approximate surface area is 159 Å². The van der Waals surface area contributed by atoms with E-state index in [0.717, 1.165) is 10.8 Å². The van der Waals surface area contributed by atoms with Crippen molar-refractivity contribution in [2.75, 3.05) is 5.32 Å². The van der Waals surface area contributed by atoms with E-state index in [2.05, 4.69) is 10.6 Å². The van der Waals surface area contributed by atoms with Gasteiger partial charge in [-0.15, -0.1) is 0 Å². The van der Waals surface area contributed by atoms with Gasteiger partial charge in [-0.1, -0.05) is 59.6 Å². The minimum atomic E-state index is -0.359. The molecular formula is C18H12Cl2N2O2S. The lowest BCUT2D eigenvalue weighted by Crippen LogP contribution is -2.34. The number of phenolic OH excluding ortho intramolecular Hbond substituents is 1. The van der Waals surface area contributed by atoms with Crippen LogP contribution in [0, 0.1) is 0 Å². The SMILES string of the molecule is O=C(NC(=S)Nc1cc(Cl)cc(Cl)c1O)c1cccc2ccccc12. The number of thiocarbonyl (C=S) groups is 1. The Bertz CT molecular complexity index is 987. The van der Waals surface area contributed by atoms with Crippen LogP contribution in [-0.2, 0) is 0 Å². The average Bonchev–Trinajstić information content (AvgIpc) is 2.58. The predicted octanol–water partition coefficient (Wildman–Crippen LogP) is 4.98. The molecule has 126 valence electrons. The van der Waals surface area contributed by atoms with E-state index in [1.165, 1.54) is 12.1 Å². The number of halogens is 2. The van der Waals surface area contributed by atoms with Crippen LogP contribution in [-0.4, -0.2) is 16.1 Å². The second kappa shape index (κ2) is 7.27. The molecule has 25 heavy (non-hydrogen) atoms. The first-order valence-corrected chi connectivity index (χ1v) is 8.40. The highest BCUT2D eigenvalue weighted by Crippen LogP contribution is 2.34. The zero-order valence-corrected chi connectivity index (χ0v) is 15.0. The first-order chi connectivity index (χ1) is 12.0. The first kappa shape index (κ1) is 17.5. The summed E-state index contributed by atoms with van der Waals surface area (Å²) in [6.07, 6.45) is 0. The van der Waals surface area contributed by atoms with Gasteiger partial charge in [0, 0.05) is 10.6 Å². The highest BCUT2D eigenvalue weighted by Gasteiger charge is 2.13. The molecule has 0 atom stereocenters. The Morgan fingerprint density at radius 1 is 1.04 bits per heavy atom. The average molecular weight is 391 g/mol. The summed E-state index contributed by atoms with van der Waals surface area (Å²) < 4.78 is 0. The number of carbonyl (C=O) groups excluding carboxylic acids is 1. The van der Waals surface area contributed by atoms with E-state index in [9.17, 15) is 9.90 Å². The number of phenols is 1. The third-order valence-electron chi connectivity index (χ3n) is 3.54. The van der Waals surface area contributed by atoms with E-state index in [-0.39, 0.29) is 27.5 Å². The van der Waals surface area contributed by atoms with Crippen LogP contribution < -0.4 is 10.6 Å². The van der Waals surface area contributed by atoms with Gasteiger partial charge in [0.25, 0.3) is 5.91 Å². The number of carbonyl (C=O) groups is 1. The van der Waals surface area contributed by atoms with Crippen molar-refractivity contribution in [1.82, 2.24) is 5.32 Å². The molecule has 3 N–H and O–H groups in total. The lowest BCUT2D eigenvalue weighted by molar-refractivity contribution is 0.0979. The Balaban J connectivity index is 1.80. The number of fused-ring (bicyclic) bond motifs is 1. The summed E-state index contributed by atoms with van der Waals surface area (Å²) in [6, 6.07) is 15.9. The number of hydrogen-bond donors (Lipinski definition) is 3. The lowest BCUT2D eigenvalue weighted by Gasteiger charge is -2.13. The Kier molecular flexibility index (Phi) is 5.08. The Hall–Kier alpha value is -2.34. The van der Waals surface area contributed by atoms with Crippen molar-refractivity contribution >= 4 is 62.9 Å². The number of anilines is 1. The molecule has 0 heterocycles. The smallest absolute Gasteiger partial charge is 0.258 e. The molecule has 0 fully saturated rings. The molecule has 3 rings (SSSR count). The van der Waals surface area contributed by atoms with Crippen LogP contribution >= 0.6 is 35.4 Å². The fraction of sp³-hybridized carbons (Fsp3) is 0. The minimum Gasteiger partial charge on any atom is -0.504 e. The molecule has 3 aromatic rings. The fourth-order valence-electron chi connectivity index (χ4n) is 2.41. The van der Waals surface area contributed by atoms with E-state index in [1.807, 2.05) is 30.3 Å². The van der Waals surface area contributed by atoms with E-state index in [4.69, 9.17) is 35.4 Å². The van der Waals surface area contributed by atoms with E-state index < -0.39 is 0 Å². The molecule has 0 saturated carbocycles. The number of rotatable bonds is 2. The molecule has 1 amide bonds. The van der Waals surface area contributed by atoms with Gasteiger partial charge in [-0.05, 0) is 41.2 Å². The number of hydrogen-bond acceptors (Lipinski definition) is 3. The van der Waals surface area contributed by atoms with Crippen molar-refractivity contribution in [2.24, 2.45) is 0 Å². The van der Waals surface area contributed by atoms with Gasteiger partial charge in [0.05, 0.1) is 10.7 Å². The third kappa shape index (κ3) is 3.85. The monoisotopic (exact) mass is 390 g/mol. The molecule has 0 radical (unpaired) electrons. The van der Waals surface area contributed by atoms with E-state index in [0.29, 0.717) is 10.6 Å². The lowest BCUT2D eigenvalue weighted by atomic mass is 10.0. The van der Waals surface area contributed by atoms with E-state index >= 15 is 0 Å². The van der Waals surface area contributed by atoms with Crippen LogP contribution in [0.4, 0.5) is 5.69 Å². The van der Waals surface area contributed by atoms with Crippen LogP contribution in [0.15, 0.2) is 54.6 Å². The van der Waals surface area contributed by atoms with Crippen LogP contribution in [0.25, 0.3) is 10.8 Å². The quantitative estimate of drug-likeness (QED) is 0.426. The molecule has 0 saturated heterocycles. The van der Waals surface area contributed by atoms with Crippen molar-refractivity contribution in [3.8, 4) is 5.75 Å². The van der Waals surface area contributed by atoms with Crippen LogP contribution in [0.3, 0.4) is 0 Å². The normalized spacial score (nSPS) is 10.5. The maximum Gasteiger partial charge on any atom is 0.258 e. The molecule has 0 unspecified atom stereocenters. The molecule has 4 nitrogen and oxygen atoms in total. The summed E-state index contributed by atoms with van der Waals surface area (Å²) in [7, 11) is 0. The molecule has 0 aliphatic carbocycles. The third-order valence-corrected chi connectivity index (χ3v) is 4.25. The fourth-order valence-corrected chi connectivity index (χ4v) is 3.10. The summed E-state index contributed by atoms with van der Waals surface area (Å²) in [5, 5.41) is 17.4. The number of aromatic hydroxyl groups is 1. The van der Waals surface area contributed by atoms with Gasteiger partial charge in [0.15, 0.2) is 10.9 Å². The summed E-state index contributed by atoms with van der Waals surface area (Å²) in [6.45, 7) is 0. The maximum atomic E-state index is 12.5. The van der Waals surface area contributed by atoms with Gasteiger partial charge in [0.1, 0.15) is 0 Å². The van der Waals surface area contributed by atoms with Crippen LogP contribution in [0.2, 0.25) is 10.0 Å². The number of nitrogens with one attached hydrogen (secondary N) is 2.